The first kappa shape index (κ1) is 18.5. The molecule has 2 aromatic rings. The largest absolute Gasteiger partial charge is 0.366 e. The molecular formula is C19H21N5O3. The predicted molar refractivity (Wildman–Crippen MR) is 98.7 cm³/mol. The van der Waals surface area contributed by atoms with Crippen LogP contribution in [0.3, 0.4) is 0 Å². The molecule has 27 heavy (non-hydrogen) atoms. The maximum Gasteiger partial charge on any atom is 0.313 e. The van der Waals surface area contributed by atoms with Crippen molar-refractivity contribution in [3.05, 3.63) is 53.6 Å². The minimum absolute atomic E-state index is 0.156. The molecule has 140 valence electrons. The number of nitrogens with zero attached hydrogens (tertiary/aromatic N) is 3. The van der Waals surface area contributed by atoms with Gasteiger partial charge < -0.3 is 16.0 Å². The minimum Gasteiger partial charge on any atom is -0.366 e. The van der Waals surface area contributed by atoms with Crippen molar-refractivity contribution in [3.63, 3.8) is 0 Å². The molecule has 0 unspecified atom stereocenters. The highest BCUT2D eigenvalue weighted by molar-refractivity contribution is 6.39. The maximum absolute atomic E-state index is 12.8. The van der Waals surface area contributed by atoms with Gasteiger partial charge in [0.1, 0.15) is 0 Å². The highest BCUT2D eigenvalue weighted by Crippen LogP contribution is 2.31. The van der Waals surface area contributed by atoms with E-state index in [0.717, 1.165) is 30.5 Å². The van der Waals surface area contributed by atoms with Crippen LogP contribution >= 0.6 is 0 Å². The van der Waals surface area contributed by atoms with Crippen molar-refractivity contribution in [3.8, 4) is 0 Å². The van der Waals surface area contributed by atoms with Crippen LogP contribution in [-0.2, 0) is 9.59 Å². The maximum atomic E-state index is 12.8. The lowest BCUT2D eigenvalue weighted by molar-refractivity contribution is -0.145. The number of nitrogens with one attached hydrogen (secondary N) is 1. The van der Waals surface area contributed by atoms with Crippen LogP contribution in [0.4, 0.5) is 5.69 Å². The van der Waals surface area contributed by atoms with Gasteiger partial charge in [-0.2, -0.15) is 0 Å². The van der Waals surface area contributed by atoms with E-state index < -0.39 is 17.7 Å². The number of hydrogen-bond acceptors (Lipinski definition) is 5. The van der Waals surface area contributed by atoms with Crippen LogP contribution < -0.4 is 11.1 Å². The highest BCUT2D eigenvalue weighted by Gasteiger charge is 2.32. The molecule has 1 fully saturated rings. The van der Waals surface area contributed by atoms with Gasteiger partial charge in [-0.3, -0.25) is 24.4 Å². The number of rotatable bonds is 3. The normalized spacial score (nSPS) is 16.6. The number of piperidine rings is 1. The van der Waals surface area contributed by atoms with Gasteiger partial charge in [0.25, 0.3) is 0 Å². The van der Waals surface area contributed by atoms with Crippen LogP contribution in [0.1, 0.15) is 46.9 Å². The Hall–Kier alpha value is -3.29. The molecule has 1 aliphatic rings. The molecule has 3 rings (SSSR count). The molecule has 0 radical (unpaired) electrons. The SMILES string of the molecule is Cc1cc([C@@H]2CCCCN2C(=O)C(=O)Nc2cncc(C(N)=O)c2)ccn1. The van der Waals surface area contributed by atoms with E-state index >= 15 is 0 Å². The zero-order valence-electron chi connectivity index (χ0n) is 15.0. The van der Waals surface area contributed by atoms with Gasteiger partial charge in [-0.05, 0) is 49.9 Å². The summed E-state index contributed by atoms with van der Waals surface area (Å²) < 4.78 is 0. The number of aromatic nitrogens is 2. The van der Waals surface area contributed by atoms with Gasteiger partial charge >= 0.3 is 11.8 Å². The van der Waals surface area contributed by atoms with Crippen LogP contribution in [0.25, 0.3) is 0 Å². The van der Waals surface area contributed by atoms with E-state index in [1.807, 2.05) is 19.1 Å². The van der Waals surface area contributed by atoms with Crippen LogP contribution in [0.5, 0.6) is 0 Å². The van der Waals surface area contributed by atoms with Crippen LogP contribution in [0.15, 0.2) is 36.8 Å². The zero-order chi connectivity index (χ0) is 19.4. The Morgan fingerprint density at radius 3 is 2.78 bits per heavy atom. The van der Waals surface area contributed by atoms with E-state index in [9.17, 15) is 14.4 Å². The summed E-state index contributed by atoms with van der Waals surface area (Å²) in [6.07, 6.45) is 6.99. The van der Waals surface area contributed by atoms with E-state index in [1.54, 1.807) is 11.1 Å². The van der Waals surface area contributed by atoms with Gasteiger partial charge in [0, 0.05) is 24.6 Å². The van der Waals surface area contributed by atoms with Crippen LogP contribution in [0.2, 0.25) is 0 Å². The highest BCUT2D eigenvalue weighted by atomic mass is 16.2. The molecule has 0 saturated carbocycles. The van der Waals surface area contributed by atoms with Gasteiger partial charge in [0.15, 0.2) is 0 Å². The lowest BCUT2D eigenvalue weighted by atomic mass is 9.95. The van der Waals surface area contributed by atoms with Gasteiger partial charge in [-0.15, -0.1) is 0 Å². The Balaban J connectivity index is 1.77. The molecule has 3 heterocycles. The quantitative estimate of drug-likeness (QED) is 0.799. The molecule has 3 N–H and O–H groups in total. The lowest BCUT2D eigenvalue weighted by Gasteiger charge is -2.35. The van der Waals surface area contributed by atoms with Gasteiger partial charge in [0.05, 0.1) is 23.5 Å². The number of nitrogens with two attached hydrogens (primary N) is 1. The van der Waals surface area contributed by atoms with Crippen molar-refractivity contribution >= 4 is 23.4 Å². The molecule has 0 spiro atoms. The molecule has 0 aromatic carbocycles. The lowest BCUT2D eigenvalue weighted by Crippen LogP contribution is -2.44. The van der Waals surface area contributed by atoms with E-state index in [0.29, 0.717) is 6.54 Å². The van der Waals surface area contributed by atoms with Crippen molar-refractivity contribution in [1.29, 1.82) is 0 Å². The molecule has 8 heteroatoms. The number of carbonyl (C=O) groups is 3. The Labute approximate surface area is 156 Å². The predicted octanol–water partition coefficient (Wildman–Crippen LogP) is 1.58. The number of amides is 3. The van der Waals surface area contributed by atoms with Gasteiger partial charge in [0.2, 0.25) is 5.91 Å². The summed E-state index contributed by atoms with van der Waals surface area (Å²) in [6, 6.07) is 5.05. The number of primary amides is 1. The summed E-state index contributed by atoms with van der Waals surface area (Å²) in [5.41, 5.74) is 7.46. The van der Waals surface area contributed by atoms with E-state index in [2.05, 4.69) is 15.3 Å². The third-order valence-electron chi connectivity index (χ3n) is 4.54. The standard InChI is InChI=1S/C19H21N5O3/c1-12-8-13(5-6-22-12)16-4-2-3-7-24(16)19(27)18(26)23-15-9-14(17(20)25)10-21-11-15/h5-6,8-11,16H,2-4,7H2,1H3,(H2,20,25)(H,23,26)/t16-/m0/s1. The minimum atomic E-state index is -0.768. The van der Waals surface area contributed by atoms with Crippen molar-refractivity contribution in [2.45, 2.75) is 32.2 Å². The number of carbonyl (C=O) groups excluding carboxylic acids is 3. The van der Waals surface area contributed by atoms with Gasteiger partial charge in [-0.1, -0.05) is 0 Å². The Kier molecular flexibility index (Phi) is 5.44. The smallest absolute Gasteiger partial charge is 0.313 e. The molecule has 8 nitrogen and oxygen atoms in total. The molecule has 1 saturated heterocycles. The number of hydrogen-bond donors (Lipinski definition) is 2. The second-order valence-electron chi connectivity index (χ2n) is 6.52. The molecule has 3 amide bonds. The fourth-order valence-corrected chi connectivity index (χ4v) is 3.25. The number of anilines is 1. The fourth-order valence-electron chi connectivity index (χ4n) is 3.25. The molecule has 0 aliphatic carbocycles. The average Bonchev–Trinajstić information content (AvgIpc) is 2.67. The molecular weight excluding hydrogens is 346 g/mol. The molecule has 0 bridgehead atoms. The Bertz CT molecular complexity index is 883. The second kappa shape index (κ2) is 7.94. The summed E-state index contributed by atoms with van der Waals surface area (Å²) in [5.74, 6) is -2.04. The van der Waals surface area contributed by atoms with Gasteiger partial charge in [-0.25, -0.2) is 0 Å². The molecule has 1 atom stereocenters. The summed E-state index contributed by atoms with van der Waals surface area (Å²) >= 11 is 0. The topological polar surface area (TPSA) is 118 Å². The summed E-state index contributed by atoms with van der Waals surface area (Å²) in [5, 5.41) is 2.50. The Morgan fingerprint density at radius 2 is 2.04 bits per heavy atom. The monoisotopic (exact) mass is 367 g/mol. The summed E-state index contributed by atoms with van der Waals surface area (Å²) in [4.78, 5) is 46.1. The summed E-state index contributed by atoms with van der Waals surface area (Å²) in [7, 11) is 0. The number of pyridine rings is 2. The number of aryl methyl sites for hydroxylation is 1. The third kappa shape index (κ3) is 4.28. The number of likely N-dealkylation sites (tertiary alicyclic amines) is 1. The van der Waals surface area contributed by atoms with Crippen LogP contribution in [-0.4, -0.2) is 39.1 Å². The molecule has 2 aromatic heterocycles. The summed E-state index contributed by atoms with van der Waals surface area (Å²) in [6.45, 7) is 2.40. The fraction of sp³-hybridized carbons (Fsp3) is 0.316. The van der Waals surface area contributed by atoms with Crippen LogP contribution in [0, 0.1) is 6.92 Å². The van der Waals surface area contributed by atoms with Crippen molar-refractivity contribution in [2.24, 2.45) is 5.73 Å². The Morgan fingerprint density at radius 1 is 1.22 bits per heavy atom. The average molecular weight is 367 g/mol. The van der Waals surface area contributed by atoms with Crippen molar-refractivity contribution in [2.75, 3.05) is 11.9 Å². The van der Waals surface area contributed by atoms with E-state index in [1.165, 1.54) is 18.5 Å². The van der Waals surface area contributed by atoms with Crippen molar-refractivity contribution in [1.82, 2.24) is 14.9 Å². The first-order valence-electron chi connectivity index (χ1n) is 8.75. The van der Waals surface area contributed by atoms with E-state index in [-0.39, 0.29) is 17.3 Å². The second-order valence-corrected chi connectivity index (χ2v) is 6.52. The third-order valence-corrected chi connectivity index (χ3v) is 4.54. The van der Waals surface area contributed by atoms with Crippen molar-refractivity contribution < 1.29 is 14.4 Å². The first-order chi connectivity index (χ1) is 13.0. The van der Waals surface area contributed by atoms with E-state index in [4.69, 9.17) is 5.73 Å². The zero-order valence-corrected chi connectivity index (χ0v) is 15.0. The molecule has 1 aliphatic heterocycles. The first-order valence-corrected chi connectivity index (χ1v) is 8.75.